The van der Waals surface area contributed by atoms with Gasteiger partial charge in [-0.3, -0.25) is 0 Å². The zero-order valence-electron chi connectivity index (χ0n) is 10.8. The van der Waals surface area contributed by atoms with Crippen LogP contribution in [0.4, 0.5) is 5.69 Å². The zero-order valence-corrected chi connectivity index (χ0v) is 10.8. The van der Waals surface area contributed by atoms with Crippen LogP contribution in [-0.2, 0) is 0 Å². The van der Waals surface area contributed by atoms with E-state index in [4.69, 9.17) is 10.00 Å². The third kappa shape index (κ3) is 4.78. The van der Waals surface area contributed by atoms with Crippen LogP contribution in [0.3, 0.4) is 0 Å². The molecule has 0 saturated carbocycles. The lowest BCUT2D eigenvalue weighted by Gasteiger charge is -2.16. The maximum absolute atomic E-state index is 8.91. The molecule has 0 aliphatic heterocycles. The van der Waals surface area contributed by atoms with Crippen LogP contribution in [0.5, 0.6) is 5.75 Å². The number of ether oxygens (including phenoxy) is 1. The topological polar surface area (TPSA) is 45.0 Å². The molecule has 1 aromatic carbocycles. The van der Waals surface area contributed by atoms with Crippen molar-refractivity contribution in [3.63, 3.8) is 0 Å². The molecule has 0 heterocycles. The molecule has 3 heteroatoms. The van der Waals surface area contributed by atoms with Gasteiger partial charge in [-0.05, 0) is 39.3 Å². The number of benzene rings is 1. The molecule has 17 heavy (non-hydrogen) atoms. The van der Waals surface area contributed by atoms with E-state index >= 15 is 0 Å². The largest absolute Gasteiger partial charge is 0.494 e. The van der Waals surface area contributed by atoms with E-state index in [0.717, 1.165) is 24.4 Å². The fourth-order valence-electron chi connectivity index (χ4n) is 1.44. The van der Waals surface area contributed by atoms with Gasteiger partial charge < -0.3 is 10.1 Å². The minimum absolute atomic E-state index is 0.273. The van der Waals surface area contributed by atoms with Crippen molar-refractivity contribution >= 4 is 5.69 Å². The Balaban J connectivity index is 2.47. The highest BCUT2D eigenvalue weighted by Gasteiger charge is 2.15. The van der Waals surface area contributed by atoms with Gasteiger partial charge in [0.1, 0.15) is 5.75 Å². The molecule has 0 aliphatic carbocycles. The van der Waals surface area contributed by atoms with Crippen molar-refractivity contribution in [2.24, 2.45) is 5.41 Å². The summed E-state index contributed by atoms with van der Waals surface area (Å²) in [6.07, 6.45) is 0.822. The third-order valence-electron chi connectivity index (χ3n) is 2.53. The summed E-state index contributed by atoms with van der Waals surface area (Å²) in [5.41, 5.74) is 0.759. The highest BCUT2D eigenvalue weighted by atomic mass is 16.5. The molecule has 0 unspecified atom stereocenters. The maximum atomic E-state index is 8.91. The summed E-state index contributed by atoms with van der Waals surface area (Å²) in [6.45, 7) is 7.33. The summed E-state index contributed by atoms with van der Waals surface area (Å²) < 4.78 is 5.42. The molecule has 0 fully saturated rings. The normalized spacial score (nSPS) is 10.7. The summed E-state index contributed by atoms with van der Waals surface area (Å²) in [5, 5.41) is 12.2. The van der Waals surface area contributed by atoms with E-state index in [2.05, 4.69) is 11.4 Å². The van der Waals surface area contributed by atoms with Gasteiger partial charge in [0.2, 0.25) is 0 Å². The van der Waals surface area contributed by atoms with Gasteiger partial charge in [-0.15, -0.1) is 0 Å². The van der Waals surface area contributed by atoms with Gasteiger partial charge in [0.25, 0.3) is 0 Å². The molecule has 92 valence electrons. The SMILES string of the molecule is CCOc1cccc(NCCC(C)(C)C#N)c1. The molecule has 0 saturated heterocycles. The Kier molecular flexibility index (Phi) is 4.84. The quantitative estimate of drug-likeness (QED) is 0.817. The third-order valence-corrected chi connectivity index (χ3v) is 2.53. The Morgan fingerprint density at radius 2 is 2.18 bits per heavy atom. The standard InChI is InChI=1S/C14H20N2O/c1-4-17-13-7-5-6-12(10-13)16-9-8-14(2,3)11-15/h5-7,10,16H,4,8-9H2,1-3H3. The minimum Gasteiger partial charge on any atom is -0.494 e. The van der Waals surface area contributed by atoms with E-state index in [9.17, 15) is 0 Å². The fourth-order valence-corrected chi connectivity index (χ4v) is 1.44. The summed E-state index contributed by atoms with van der Waals surface area (Å²) in [7, 11) is 0. The Morgan fingerprint density at radius 3 is 2.82 bits per heavy atom. The lowest BCUT2D eigenvalue weighted by molar-refractivity contribution is 0.340. The highest BCUT2D eigenvalue weighted by molar-refractivity contribution is 5.48. The van der Waals surface area contributed by atoms with Crippen LogP contribution < -0.4 is 10.1 Å². The highest BCUT2D eigenvalue weighted by Crippen LogP contribution is 2.20. The number of hydrogen-bond donors (Lipinski definition) is 1. The first-order valence-corrected chi connectivity index (χ1v) is 5.95. The Labute approximate surface area is 103 Å². The van der Waals surface area contributed by atoms with Crippen molar-refractivity contribution in [3.05, 3.63) is 24.3 Å². The molecule has 1 N–H and O–H groups in total. The number of nitriles is 1. The van der Waals surface area contributed by atoms with Crippen molar-refractivity contribution in [2.45, 2.75) is 27.2 Å². The molecule has 0 atom stereocenters. The number of hydrogen-bond acceptors (Lipinski definition) is 3. The molecule has 0 radical (unpaired) electrons. The lowest BCUT2D eigenvalue weighted by Crippen LogP contribution is -2.14. The number of nitrogens with zero attached hydrogens (tertiary/aromatic N) is 1. The fraction of sp³-hybridized carbons (Fsp3) is 0.500. The first kappa shape index (κ1) is 13.4. The summed E-state index contributed by atoms with van der Waals surface area (Å²) >= 11 is 0. The molecule has 3 nitrogen and oxygen atoms in total. The zero-order chi connectivity index (χ0) is 12.7. The smallest absolute Gasteiger partial charge is 0.121 e. The number of rotatable bonds is 6. The summed E-state index contributed by atoms with van der Waals surface area (Å²) in [5.74, 6) is 0.872. The van der Waals surface area contributed by atoms with E-state index in [1.54, 1.807) is 0 Å². The lowest BCUT2D eigenvalue weighted by atomic mass is 9.91. The molecular formula is C14H20N2O. The molecule has 1 rings (SSSR count). The predicted octanol–water partition coefficient (Wildman–Crippen LogP) is 3.44. The van der Waals surface area contributed by atoms with E-state index in [0.29, 0.717) is 6.61 Å². The molecule has 0 spiro atoms. The van der Waals surface area contributed by atoms with Crippen LogP contribution in [0.2, 0.25) is 0 Å². The maximum Gasteiger partial charge on any atom is 0.121 e. The first-order valence-electron chi connectivity index (χ1n) is 5.95. The molecular weight excluding hydrogens is 212 g/mol. The van der Waals surface area contributed by atoms with Crippen molar-refractivity contribution in [1.29, 1.82) is 5.26 Å². The second-order valence-electron chi connectivity index (χ2n) is 4.63. The van der Waals surface area contributed by atoms with Crippen LogP contribution >= 0.6 is 0 Å². The molecule has 0 amide bonds. The van der Waals surface area contributed by atoms with Gasteiger partial charge >= 0.3 is 0 Å². The molecule has 1 aromatic rings. The summed E-state index contributed by atoms with van der Waals surface area (Å²) in [4.78, 5) is 0. The summed E-state index contributed by atoms with van der Waals surface area (Å²) in [6, 6.07) is 10.2. The molecule has 0 aliphatic rings. The van der Waals surface area contributed by atoms with Gasteiger partial charge in [0.05, 0.1) is 18.1 Å². The predicted molar refractivity (Wildman–Crippen MR) is 70.1 cm³/mol. The van der Waals surface area contributed by atoms with E-state index in [1.807, 2.05) is 45.0 Å². The van der Waals surface area contributed by atoms with E-state index in [1.165, 1.54) is 0 Å². The van der Waals surface area contributed by atoms with Gasteiger partial charge in [0.15, 0.2) is 0 Å². The molecule has 0 bridgehead atoms. The van der Waals surface area contributed by atoms with Crippen LogP contribution in [-0.4, -0.2) is 13.2 Å². The second kappa shape index (κ2) is 6.15. The van der Waals surface area contributed by atoms with Crippen LogP contribution in [0.1, 0.15) is 27.2 Å². The average molecular weight is 232 g/mol. The van der Waals surface area contributed by atoms with Crippen LogP contribution in [0, 0.1) is 16.7 Å². The monoisotopic (exact) mass is 232 g/mol. The van der Waals surface area contributed by atoms with Crippen molar-refractivity contribution in [2.75, 3.05) is 18.5 Å². The minimum atomic E-state index is -0.273. The van der Waals surface area contributed by atoms with Crippen molar-refractivity contribution in [1.82, 2.24) is 0 Å². The second-order valence-corrected chi connectivity index (χ2v) is 4.63. The van der Waals surface area contributed by atoms with Crippen molar-refractivity contribution in [3.8, 4) is 11.8 Å². The average Bonchev–Trinajstić information content (AvgIpc) is 2.30. The van der Waals surface area contributed by atoms with Gasteiger partial charge in [-0.1, -0.05) is 6.07 Å². The van der Waals surface area contributed by atoms with E-state index < -0.39 is 0 Å². The number of anilines is 1. The van der Waals surface area contributed by atoms with Gasteiger partial charge in [-0.2, -0.15) is 5.26 Å². The Bertz CT molecular complexity index is 393. The van der Waals surface area contributed by atoms with Crippen molar-refractivity contribution < 1.29 is 4.74 Å². The van der Waals surface area contributed by atoms with E-state index in [-0.39, 0.29) is 5.41 Å². The Morgan fingerprint density at radius 1 is 1.41 bits per heavy atom. The molecule has 0 aromatic heterocycles. The first-order chi connectivity index (χ1) is 8.07. The van der Waals surface area contributed by atoms with Gasteiger partial charge in [-0.25, -0.2) is 0 Å². The number of nitrogens with one attached hydrogen (secondary N) is 1. The van der Waals surface area contributed by atoms with Crippen LogP contribution in [0.25, 0.3) is 0 Å². The Hall–Kier alpha value is -1.69. The van der Waals surface area contributed by atoms with Gasteiger partial charge in [0, 0.05) is 18.3 Å². The van der Waals surface area contributed by atoms with Crippen LogP contribution in [0.15, 0.2) is 24.3 Å².